The van der Waals surface area contributed by atoms with Gasteiger partial charge in [0.1, 0.15) is 0 Å². The summed E-state index contributed by atoms with van der Waals surface area (Å²) in [5.74, 6) is 0.154. The number of ether oxygens (including phenoxy) is 1. The predicted octanol–water partition coefficient (Wildman–Crippen LogP) is -0.815. The molecule has 0 spiro atoms. The third-order valence-corrected chi connectivity index (χ3v) is 3.37. The molecular formula is C11H21N3O2. The molecule has 0 aromatic carbocycles. The molecule has 0 bridgehead atoms. The van der Waals surface area contributed by atoms with Gasteiger partial charge in [-0.3, -0.25) is 9.69 Å². The van der Waals surface area contributed by atoms with Crippen molar-refractivity contribution in [3.05, 3.63) is 0 Å². The van der Waals surface area contributed by atoms with Gasteiger partial charge in [-0.1, -0.05) is 0 Å². The van der Waals surface area contributed by atoms with E-state index in [9.17, 15) is 4.79 Å². The highest BCUT2D eigenvalue weighted by molar-refractivity contribution is 5.78. The van der Waals surface area contributed by atoms with Gasteiger partial charge in [-0.15, -0.1) is 0 Å². The minimum Gasteiger partial charge on any atom is -0.381 e. The van der Waals surface area contributed by atoms with Crippen LogP contribution in [0.5, 0.6) is 0 Å². The van der Waals surface area contributed by atoms with Gasteiger partial charge in [0.05, 0.1) is 12.6 Å². The first-order chi connectivity index (χ1) is 7.78. The molecule has 0 radical (unpaired) electrons. The number of carbonyl (C=O) groups excluding carboxylic acids is 1. The number of piperazine rings is 1. The Balaban J connectivity index is 1.61. The maximum atomic E-state index is 11.7. The molecule has 1 saturated carbocycles. The van der Waals surface area contributed by atoms with E-state index in [1.165, 1.54) is 0 Å². The first-order valence-corrected chi connectivity index (χ1v) is 6.03. The Labute approximate surface area is 96.5 Å². The van der Waals surface area contributed by atoms with Crippen LogP contribution in [0.25, 0.3) is 0 Å². The minimum absolute atomic E-state index is 0.154. The average Bonchev–Trinajstić information content (AvgIpc) is 2.24. The van der Waals surface area contributed by atoms with Crippen LogP contribution in [-0.2, 0) is 9.53 Å². The summed E-state index contributed by atoms with van der Waals surface area (Å²) < 4.78 is 5.18. The second-order valence-electron chi connectivity index (χ2n) is 4.62. The molecule has 1 amide bonds. The molecule has 2 N–H and O–H groups in total. The number of rotatable bonds is 4. The molecule has 1 aliphatic carbocycles. The quantitative estimate of drug-likeness (QED) is 0.659. The van der Waals surface area contributed by atoms with Crippen molar-refractivity contribution in [1.82, 2.24) is 15.5 Å². The maximum Gasteiger partial charge on any atom is 0.234 e. The van der Waals surface area contributed by atoms with Crippen LogP contribution in [0.1, 0.15) is 12.8 Å². The molecule has 1 heterocycles. The Kier molecular flexibility index (Phi) is 4.15. The Bertz CT molecular complexity index is 235. The average molecular weight is 227 g/mol. The second kappa shape index (κ2) is 5.61. The van der Waals surface area contributed by atoms with Crippen molar-refractivity contribution in [2.45, 2.75) is 25.0 Å². The highest BCUT2D eigenvalue weighted by Gasteiger charge is 2.30. The van der Waals surface area contributed by atoms with Crippen molar-refractivity contribution < 1.29 is 9.53 Å². The van der Waals surface area contributed by atoms with Crippen LogP contribution in [-0.4, -0.2) is 62.8 Å². The van der Waals surface area contributed by atoms with Crippen LogP contribution in [0.3, 0.4) is 0 Å². The Hall–Kier alpha value is -0.650. The lowest BCUT2D eigenvalue weighted by Crippen LogP contribution is -2.52. The molecule has 0 aromatic rings. The van der Waals surface area contributed by atoms with Crippen LogP contribution < -0.4 is 10.6 Å². The van der Waals surface area contributed by atoms with Gasteiger partial charge in [-0.2, -0.15) is 0 Å². The van der Waals surface area contributed by atoms with Crippen LogP contribution in [0.15, 0.2) is 0 Å². The molecule has 0 unspecified atom stereocenters. The van der Waals surface area contributed by atoms with Gasteiger partial charge in [0.2, 0.25) is 5.91 Å². The lowest BCUT2D eigenvalue weighted by atomic mass is 9.89. The van der Waals surface area contributed by atoms with Crippen molar-refractivity contribution in [3.63, 3.8) is 0 Å². The van der Waals surface area contributed by atoms with Crippen LogP contribution >= 0.6 is 0 Å². The summed E-state index contributed by atoms with van der Waals surface area (Å²) in [6, 6.07) is 0.334. The number of nitrogens with zero attached hydrogens (tertiary/aromatic N) is 1. The van der Waals surface area contributed by atoms with E-state index in [0.29, 0.717) is 18.7 Å². The highest BCUT2D eigenvalue weighted by Crippen LogP contribution is 2.22. The van der Waals surface area contributed by atoms with E-state index in [1.54, 1.807) is 7.11 Å². The standard InChI is InChI=1S/C11H21N3O2/c1-16-10-6-9(7-10)13-11(15)8-14-4-2-12-3-5-14/h9-10,12H,2-8H2,1H3,(H,13,15). The predicted molar refractivity (Wildman–Crippen MR) is 61.3 cm³/mol. The summed E-state index contributed by atoms with van der Waals surface area (Å²) in [6.07, 6.45) is 2.28. The smallest absolute Gasteiger partial charge is 0.234 e. The van der Waals surface area contributed by atoms with E-state index in [4.69, 9.17) is 4.74 Å². The minimum atomic E-state index is 0.154. The van der Waals surface area contributed by atoms with Gasteiger partial charge in [0.25, 0.3) is 0 Å². The van der Waals surface area contributed by atoms with Crippen molar-refractivity contribution >= 4 is 5.91 Å². The van der Waals surface area contributed by atoms with Gasteiger partial charge in [-0.25, -0.2) is 0 Å². The monoisotopic (exact) mass is 227 g/mol. The summed E-state index contributed by atoms with van der Waals surface area (Å²) in [6.45, 7) is 4.46. The summed E-state index contributed by atoms with van der Waals surface area (Å²) in [5, 5.41) is 6.32. The Morgan fingerprint density at radius 1 is 1.44 bits per heavy atom. The molecule has 0 aromatic heterocycles. The molecule has 2 rings (SSSR count). The van der Waals surface area contributed by atoms with Crippen LogP contribution in [0, 0.1) is 0 Å². The third-order valence-electron chi connectivity index (χ3n) is 3.37. The summed E-state index contributed by atoms with van der Waals surface area (Å²) in [7, 11) is 1.73. The molecule has 5 nitrogen and oxygen atoms in total. The van der Waals surface area contributed by atoms with Gasteiger partial charge in [-0.05, 0) is 12.8 Å². The molecule has 16 heavy (non-hydrogen) atoms. The fourth-order valence-electron chi connectivity index (χ4n) is 2.22. The number of hydrogen-bond donors (Lipinski definition) is 2. The molecule has 2 aliphatic rings. The molecule has 1 saturated heterocycles. The van der Waals surface area contributed by atoms with Gasteiger partial charge in [0.15, 0.2) is 0 Å². The number of methoxy groups -OCH3 is 1. The zero-order valence-corrected chi connectivity index (χ0v) is 9.87. The van der Waals surface area contributed by atoms with Crippen LogP contribution in [0.2, 0.25) is 0 Å². The zero-order chi connectivity index (χ0) is 11.4. The van der Waals surface area contributed by atoms with E-state index < -0.39 is 0 Å². The van der Waals surface area contributed by atoms with Crippen LogP contribution in [0.4, 0.5) is 0 Å². The van der Waals surface area contributed by atoms with E-state index in [-0.39, 0.29) is 5.91 Å². The van der Waals surface area contributed by atoms with E-state index in [2.05, 4.69) is 15.5 Å². The second-order valence-corrected chi connectivity index (χ2v) is 4.62. The van der Waals surface area contributed by atoms with E-state index in [1.807, 2.05) is 0 Å². The largest absolute Gasteiger partial charge is 0.381 e. The lowest BCUT2D eigenvalue weighted by molar-refractivity contribution is -0.124. The number of carbonyl (C=O) groups is 1. The first-order valence-electron chi connectivity index (χ1n) is 6.03. The van der Waals surface area contributed by atoms with Crippen molar-refractivity contribution in [2.75, 3.05) is 39.8 Å². The molecule has 92 valence electrons. The fourth-order valence-corrected chi connectivity index (χ4v) is 2.22. The topological polar surface area (TPSA) is 53.6 Å². The summed E-state index contributed by atoms with van der Waals surface area (Å²) in [4.78, 5) is 13.9. The van der Waals surface area contributed by atoms with Crippen molar-refractivity contribution in [1.29, 1.82) is 0 Å². The number of nitrogens with one attached hydrogen (secondary N) is 2. The Morgan fingerprint density at radius 2 is 2.12 bits per heavy atom. The van der Waals surface area contributed by atoms with Gasteiger partial charge in [0, 0.05) is 39.3 Å². The highest BCUT2D eigenvalue weighted by atomic mass is 16.5. The number of hydrogen-bond acceptors (Lipinski definition) is 4. The SMILES string of the molecule is COC1CC(NC(=O)CN2CCNCC2)C1. The molecule has 5 heteroatoms. The summed E-state index contributed by atoms with van der Waals surface area (Å²) in [5.41, 5.74) is 0. The molecular weight excluding hydrogens is 206 g/mol. The van der Waals surface area contributed by atoms with Gasteiger partial charge < -0.3 is 15.4 Å². The Morgan fingerprint density at radius 3 is 2.75 bits per heavy atom. The number of amides is 1. The van der Waals surface area contributed by atoms with E-state index >= 15 is 0 Å². The third kappa shape index (κ3) is 3.17. The van der Waals surface area contributed by atoms with Crippen molar-refractivity contribution in [2.24, 2.45) is 0 Å². The molecule has 0 atom stereocenters. The fraction of sp³-hybridized carbons (Fsp3) is 0.909. The normalized spacial score (nSPS) is 30.8. The molecule has 2 fully saturated rings. The van der Waals surface area contributed by atoms with Gasteiger partial charge >= 0.3 is 0 Å². The zero-order valence-electron chi connectivity index (χ0n) is 9.87. The maximum absolute atomic E-state index is 11.7. The first kappa shape index (κ1) is 11.8. The van der Waals surface area contributed by atoms with Crippen molar-refractivity contribution in [3.8, 4) is 0 Å². The molecule has 1 aliphatic heterocycles. The van der Waals surface area contributed by atoms with E-state index in [0.717, 1.165) is 39.0 Å². The lowest BCUT2D eigenvalue weighted by Gasteiger charge is -2.35. The summed E-state index contributed by atoms with van der Waals surface area (Å²) >= 11 is 0.